The molecule has 0 spiro atoms. The molecule has 2 aromatic heterocycles. The van der Waals surface area contributed by atoms with Crippen molar-refractivity contribution in [2.24, 2.45) is 7.05 Å². The van der Waals surface area contributed by atoms with Crippen LogP contribution in [0.3, 0.4) is 0 Å². The normalized spacial score (nSPS) is 11.8. The number of carbonyl (C=O) groups is 1. The lowest BCUT2D eigenvalue weighted by molar-refractivity contribution is 0.0786. The van der Waals surface area contributed by atoms with Gasteiger partial charge in [0, 0.05) is 36.3 Å². The average Bonchev–Trinajstić information content (AvgIpc) is 3.29. The van der Waals surface area contributed by atoms with Gasteiger partial charge in [0.1, 0.15) is 22.7 Å². The molecule has 1 amide bonds. The second kappa shape index (κ2) is 10.1. The van der Waals surface area contributed by atoms with E-state index in [-0.39, 0.29) is 11.5 Å². The first-order valence-corrected chi connectivity index (χ1v) is 13.0. The number of nitrogens with one attached hydrogen (secondary N) is 2. The summed E-state index contributed by atoms with van der Waals surface area (Å²) in [6, 6.07) is 11.6. The Bertz CT molecular complexity index is 1560. The zero-order valence-electron chi connectivity index (χ0n) is 23.4. The number of aromatic nitrogens is 2. The Morgan fingerprint density at radius 1 is 1.11 bits per heavy atom. The first-order valence-electron chi connectivity index (χ1n) is 13.0. The van der Waals surface area contributed by atoms with Gasteiger partial charge in [-0.2, -0.15) is 0 Å². The predicted octanol–water partition coefficient (Wildman–Crippen LogP) is 6.04. The lowest BCUT2D eigenvalue weighted by Crippen LogP contribution is -2.23. The third kappa shape index (κ3) is 5.11. The van der Waals surface area contributed by atoms with Gasteiger partial charge in [-0.3, -0.25) is 9.59 Å². The van der Waals surface area contributed by atoms with E-state index < -0.39 is 5.60 Å². The molecule has 0 fully saturated rings. The minimum Gasteiger partial charge on any atom is -0.456 e. The molecule has 4 aromatic rings. The van der Waals surface area contributed by atoms with E-state index in [0.29, 0.717) is 51.5 Å². The van der Waals surface area contributed by atoms with Crippen LogP contribution in [0.2, 0.25) is 0 Å². The van der Waals surface area contributed by atoms with Gasteiger partial charge >= 0.3 is 0 Å². The third-order valence-corrected chi connectivity index (χ3v) is 6.88. The summed E-state index contributed by atoms with van der Waals surface area (Å²) in [5.74, 6) is 1.47. The number of amides is 1. The van der Waals surface area contributed by atoms with Gasteiger partial charge in [-0.15, -0.1) is 0 Å². The van der Waals surface area contributed by atoms with Gasteiger partial charge in [-0.1, -0.05) is 32.0 Å². The van der Waals surface area contributed by atoms with E-state index in [1.165, 1.54) is 10.1 Å². The van der Waals surface area contributed by atoms with Gasteiger partial charge in [-0.25, -0.2) is 0 Å². The minimum absolute atomic E-state index is 0.239. The Balaban J connectivity index is 1.97. The van der Waals surface area contributed by atoms with Crippen molar-refractivity contribution in [3.05, 3.63) is 80.9 Å². The summed E-state index contributed by atoms with van der Waals surface area (Å²) in [6.45, 7) is 14.2. The molecule has 0 atom stereocenters. The summed E-state index contributed by atoms with van der Waals surface area (Å²) in [7, 11) is 1.68. The number of carbonyl (C=O) groups excluding carboxylic acids is 1. The number of benzene rings is 2. The van der Waals surface area contributed by atoms with Crippen molar-refractivity contribution >= 4 is 16.8 Å². The lowest BCUT2D eigenvalue weighted by atomic mass is 9.93. The smallest absolute Gasteiger partial charge is 0.274 e. The first-order chi connectivity index (χ1) is 17.8. The van der Waals surface area contributed by atoms with Crippen LogP contribution in [0, 0.1) is 13.8 Å². The van der Waals surface area contributed by atoms with Gasteiger partial charge in [0.25, 0.3) is 11.5 Å². The number of H-pyrrole nitrogens is 1. The van der Waals surface area contributed by atoms with Crippen LogP contribution in [0.15, 0.2) is 47.4 Å². The van der Waals surface area contributed by atoms with Crippen molar-refractivity contribution in [3.8, 4) is 22.6 Å². The molecule has 0 aliphatic rings. The molecular weight excluding hydrogens is 478 g/mol. The number of ether oxygens (including phenoxy) is 1. The highest BCUT2D eigenvalue weighted by Gasteiger charge is 2.23. The molecule has 0 bridgehead atoms. The second-order valence-electron chi connectivity index (χ2n) is 10.8. The maximum absolute atomic E-state index is 13.0. The predicted molar refractivity (Wildman–Crippen MR) is 152 cm³/mol. The fourth-order valence-electron chi connectivity index (χ4n) is 4.72. The Morgan fingerprint density at radius 3 is 2.34 bits per heavy atom. The zero-order valence-corrected chi connectivity index (χ0v) is 23.4. The van der Waals surface area contributed by atoms with E-state index in [2.05, 4.69) is 36.3 Å². The molecule has 0 aliphatic carbocycles. The number of aryl methyl sites for hydroxylation is 3. The molecule has 7 nitrogen and oxygen atoms in total. The van der Waals surface area contributed by atoms with E-state index in [0.717, 1.165) is 16.9 Å². The quantitative estimate of drug-likeness (QED) is 0.279. The molecule has 7 heteroatoms. The summed E-state index contributed by atoms with van der Waals surface area (Å²) < 4.78 is 8.07. The van der Waals surface area contributed by atoms with Crippen LogP contribution in [0.4, 0.5) is 0 Å². The Hall–Kier alpha value is -3.84. The van der Waals surface area contributed by atoms with Crippen molar-refractivity contribution in [1.29, 1.82) is 0 Å². The number of rotatable bonds is 7. The highest BCUT2D eigenvalue weighted by molar-refractivity contribution is 6.03. The monoisotopic (exact) mass is 515 g/mol. The standard InChI is InChI=1S/C31H37N3O4/c1-9-32-29(35)25-15-23-24(16-34(8)30(36)27(23)33-25)22-14-21(31(6,7)37)10-11-26(22)38-28-18(4)12-20(17(2)3)13-19(28)5/h10-17,33,37H,9H2,1-8H3,(H,32,35). The number of aliphatic hydroxyl groups is 1. The maximum Gasteiger partial charge on any atom is 0.274 e. The number of hydrogen-bond acceptors (Lipinski definition) is 4. The van der Waals surface area contributed by atoms with E-state index in [1.54, 1.807) is 33.2 Å². The van der Waals surface area contributed by atoms with Crippen LogP contribution in [0.1, 0.15) is 73.3 Å². The number of pyridine rings is 1. The molecular formula is C31H37N3O4. The van der Waals surface area contributed by atoms with Gasteiger partial charge < -0.3 is 24.7 Å². The van der Waals surface area contributed by atoms with E-state index >= 15 is 0 Å². The fourth-order valence-corrected chi connectivity index (χ4v) is 4.72. The molecule has 2 aromatic carbocycles. The number of aromatic amines is 1. The van der Waals surface area contributed by atoms with Crippen molar-refractivity contribution in [2.75, 3.05) is 6.54 Å². The third-order valence-electron chi connectivity index (χ3n) is 6.88. The lowest BCUT2D eigenvalue weighted by Gasteiger charge is -2.22. The maximum atomic E-state index is 13.0. The van der Waals surface area contributed by atoms with E-state index in [1.807, 2.05) is 39.0 Å². The molecule has 2 heterocycles. The summed E-state index contributed by atoms with van der Waals surface area (Å²) in [5, 5.41) is 14.2. The Morgan fingerprint density at radius 2 is 1.76 bits per heavy atom. The van der Waals surface area contributed by atoms with Crippen molar-refractivity contribution < 1.29 is 14.6 Å². The molecule has 0 radical (unpaired) electrons. The fraction of sp³-hybridized carbons (Fsp3) is 0.355. The van der Waals surface area contributed by atoms with Gasteiger partial charge in [0.05, 0.1) is 5.60 Å². The Kier molecular flexibility index (Phi) is 7.26. The van der Waals surface area contributed by atoms with Crippen LogP contribution >= 0.6 is 0 Å². The number of nitrogens with zero attached hydrogens (tertiary/aromatic N) is 1. The summed E-state index contributed by atoms with van der Waals surface area (Å²) >= 11 is 0. The molecule has 38 heavy (non-hydrogen) atoms. The van der Waals surface area contributed by atoms with E-state index in [4.69, 9.17) is 4.74 Å². The van der Waals surface area contributed by atoms with Crippen LogP contribution in [-0.2, 0) is 12.6 Å². The summed E-state index contributed by atoms with van der Waals surface area (Å²) in [5.41, 5.74) is 4.72. The first kappa shape index (κ1) is 27.2. The molecule has 3 N–H and O–H groups in total. The van der Waals surface area contributed by atoms with Crippen molar-refractivity contribution in [2.45, 2.75) is 60.0 Å². The largest absolute Gasteiger partial charge is 0.456 e. The highest BCUT2D eigenvalue weighted by Crippen LogP contribution is 2.41. The number of hydrogen-bond donors (Lipinski definition) is 3. The molecule has 200 valence electrons. The average molecular weight is 516 g/mol. The summed E-state index contributed by atoms with van der Waals surface area (Å²) in [4.78, 5) is 28.6. The second-order valence-corrected chi connectivity index (χ2v) is 10.8. The molecule has 4 rings (SSSR count). The highest BCUT2D eigenvalue weighted by atomic mass is 16.5. The van der Waals surface area contributed by atoms with Crippen molar-refractivity contribution in [3.63, 3.8) is 0 Å². The SMILES string of the molecule is CCNC(=O)c1cc2c(-c3cc(C(C)(C)O)ccc3Oc3c(C)cc(C(C)C)cc3C)cn(C)c(=O)c2[nH]1. The topological polar surface area (TPSA) is 96.3 Å². The van der Waals surface area contributed by atoms with Crippen LogP contribution < -0.4 is 15.6 Å². The van der Waals surface area contributed by atoms with Crippen LogP contribution in [0.25, 0.3) is 22.0 Å². The molecule has 0 unspecified atom stereocenters. The minimum atomic E-state index is -1.10. The molecule has 0 aliphatic heterocycles. The molecule has 0 saturated heterocycles. The van der Waals surface area contributed by atoms with Crippen LogP contribution in [0.5, 0.6) is 11.5 Å². The summed E-state index contributed by atoms with van der Waals surface area (Å²) in [6.07, 6.45) is 1.75. The zero-order chi connectivity index (χ0) is 27.9. The van der Waals surface area contributed by atoms with Gasteiger partial charge in [0.2, 0.25) is 0 Å². The van der Waals surface area contributed by atoms with Gasteiger partial charge in [-0.05, 0) is 81.0 Å². The van der Waals surface area contributed by atoms with Crippen molar-refractivity contribution in [1.82, 2.24) is 14.9 Å². The number of fused-ring (bicyclic) bond motifs is 1. The van der Waals surface area contributed by atoms with Crippen LogP contribution in [-0.4, -0.2) is 27.1 Å². The van der Waals surface area contributed by atoms with Gasteiger partial charge in [0.15, 0.2) is 0 Å². The Labute approximate surface area is 223 Å². The van der Waals surface area contributed by atoms with E-state index in [9.17, 15) is 14.7 Å². The molecule has 0 saturated carbocycles.